The molecule has 12 aliphatic rings. The Bertz CT molecular complexity index is 4390. The van der Waals surface area contributed by atoms with Gasteiger partial charge in [0.05, 0.1) is 7.11 Å². The third-order valence-corrected chi connectivity index (χ3v) is 21.7. The molecular formula is C61H34O2. The van der Waals surface area contributed by atoms with E-state index in [1.54, 1.807) is 166 Å². The summed E-state index contributed by atoms with van der Waals surface area (Å²) < 4.78 is 5.29. The second-order valence-corrected chi connectivity index (χ2v) is 22.7. The zero-order valence-electron chi connectivity index (χ0n) is 34.5. The Labute approximate surface area is 359 Å². The lowest BCUT2D eigenvalue weighted by atomic mass is 9.64. The van der Waals surface area contributed by atoms with Crippen LogP contribution in [-0.2, 0) is 22.4 Å². The van der Waals surface area contributed by atoms with Crippen LogP contribution < -0.4 is 0 Å². The van der Waals surface area contributed by atoms with Crippen molar-refractivity contribution in [2.24, 2.45) is 29.1 Å². The molecule has 2 saturated carbocycles. The van der Waals surface area contributed by atoms with Gasteiger partial charge in [-0.05, 0) is 224 Å². The first-order chi connectivity index (χ1) is 31.2. The molecule has 22 rings (SSSR count). The summed E-state index contributed by atoms with van der Waals surface area (Å²) in [4.78, 5) is 12.8. The van der Waals surface area contributed by atoms with E-state index in [1.807, 2.05) is 5.57 Å². The molecule has 10 atom stereocenters. The third kappa shape index (κ3) is 2.28. The number of benzene rings is 9. The van der Waals surface area contributed by atoms with E-state index in [0.717, 1.165) is 25.7 Å². The van der Waals surface area contributed by atoms with E-state index in [-0.39, 0.29) is 11.4 Å². The maximum Gasteiger partial charge on any atom is 0.305 e. The van der Waals surface area contributed by atoms with Gasteiger partial charge in [0.15, 0.2) is 0 Å². The van der Waals surface area contributed by atoms with E-state index in [9.17, 15) is 4.79 Å². The summed E-state index contributed by atoms with van der Waals surface area (Å²) in [7, 11) is 1.56. The van der Waals surface area contributed by atoms with Crippen LogP contribution in [0.4, 0.5) is 0 Å². The molecule has 2 bridgehead atoms. The smallest absolute Gasteiger partial charge is 0.305 e. The van der Waals surface area contributed by atoms with Crippen molar-refractivity contribution in [1.82, 2.24) is 0 Å². The Hall–Kier alpha value is -6.25. The maximum absolute atomic E-state index is 12.8. The van der Waals surface area contributed by atoms with Gasteiger partial charge < -0.3 is 4.74 Å². The van der Waals surface area contributed by atoms with Crippen LogP contribution in [0.15, 0.2) is 84.0 Å². The SMILES string of the molecule is COC(=O)CCC[C@H](c1ccccc1)C1C2[C@@H]3c4c5c6c7c8c4c4c3c3c9c%10c%11c%12cc%13cc%14c%15c%16c(cc(c8c%16c4c4c3c%11c%13c%154)C7C=CC6=C3C=CC4C(=C%10C%12)C9C21C4C35)C%14. The number of methoxy groups -OCH3 is 1. The highest BCUT2D eigenvalue weighted by Gasteiger charge is 2.84. The van der Waals surface area contributed by atoms with E-state index in [2.05, 4.69) is 72.8 Å². The highest BCUT2D eigenvalue weighted by molar-refractivity contribution is 6.57. The molecule has 10 aromatic rings. The molecule has 2 fully saturated rings. The average Bonchev–Trinajstić information content (AvgIpc) is 4.04. The van der Waals surface area contributed by atoms with Crippen molar-refractivity contribution in [2.75, 3.05) is 7.11 Å². The number of hydrogen-bond donors (Lipinski definition) is 0. The lowest BCUT2D eigenvalue weighted by Gasteiger charge is -2.38. The van der Waals surface area contributed by atoms with Gasteiger partial charge >= 0.3 is 5.97 Å². The van der Waals surface area contributed by atoms with Crippen LogP contribution in [0, 0.1) is 29.1 Å². The first-order valence-corrected chi connectivity index (χ1v) is 24.3. The highest BCUT2D eigenvalue weighted by Crippen LogP contribution is 2.93. The van der Waals surface area contributed by atoms with Crippen LogP contribution in [0.2, 0.25) is 0 Å². The van der Waals surface area contributed by atoms with Crippen LogP contribution in [0.3, 0.4) is 0 Å². The number of fused-ring (bicyclic) bond motifs is 2. The molecule has 0 heterocycles. The fraction of sp³-hybridized carbons (Fsp3) is 0.262. The molecule has 2 heteroatoms. The first kappa shape index (κ1) is 29.2. The van der Waals surface area contributed by atoms with Crippen molar-refractivity contribution < 1.29 is 9.53 Å². The topological polar surface area (TPSA) is 26.3 Å². The lowest BCUT2D eigenvalue weighted by Crippen LogP contribution is -2.30. The molecule has 0 N–H and O–H groups in total. The minimum Gasteiger partial charge on any atom is -0.469 e. The summed E-state index contributed by atoms with van der Waals surface area (Å²) in [5.74, 6) is 4.02. The summed E-state index contributed by atoms with van der Waals surface area (Å²) >= 11 is 0. The van der Waals surface area contributed by atoms with E-state index >= 15 is 0 Å². The number of ether oxygens (including phenoxy) is 1. The Morgan fingerprint density at radius 3 is 2.33 bits per heavy atom. The molecule has 290 valence electrons. The van der Waals surface area contributed by atoms with Crippen LogP contribution in [0.25, 0.3) is 97.3 Å². The molecule has 0 radical (unpaired) electrons. The quantitative estimate of drug-likeness (QED) is 0.0951. The second-order valence-electron chi connectivity index (χ2n) is 22.7. The third-order valence-electron chi connectivity index (χ3n) is 21.7. The normalized spacial score (nSPS) is 31.8. The number of rotatable bonds is 6. The van der Waals surface area contributed by atoms with Gasteiger partial charge in [-0.1, -0.05) is 78.4 Å². The van der Waals surface area contributed by atoms with E-state index < -0.39 is 0 Å². The summed E-state index contributed by atoms with van der Waals surface area (Å²) in [6, 6.07) is 19.8. The van der Waals surface area contributed by atoms with E-state index in [1.165, 1.54) is 10.9 Å². The van der Waals surface area contributed by atoms with Crippen LogP contribution in [-0.4, -0.2) is 13.1 Å². The van der Waals surface area contributed by atoms with Gasteiger partial charge in [0.1, 0.15) is 0 Å². The minimum absolute atomic E-state index is 0.0693. The van der Waals surface area contributed by atoms with Crippen molar-refractivity contribution in [3.8, 4) is 0 Å². The van der Waals surface area contributed by atoms with Crippen LogP contribution >= 0.6 is 0 Å². The van der Waals surface area contributed by atoms with Gasteiger partial charge in [-0.15, -0.1) is 0 Å². The number of esters is 1. The van der Waals surface area contributed by atoms with Crippen molar-refractivity contribution in [3.05, 3.63) is 151 Å². The van der Waals surface area contributed by atoms with Gasteiger partial charge in [-0.2, -0.15) is 0 Å². The molecule has 0 aliphatic heterocycles. The molecular weight excluding hydrogens is 765 g/mol. The Kier molecular flexibility index (Phi) is 3.75. The fourth-order valence-corrected chi connectivity index (χ4v) is 20.9. The van der Waals surface area contributed by atoms with Gasteiger partial charge in [-0.25, -0.2) is 0 Å². The number of hydrogen-bond acceptors (Lipinski definition) is 2. The van der Waals surface area contributed by atoms with Gasteiger partial charge in [0.25, 0.3) is 0 Å². The Balaban J connectivity index is 1.03. The summed E-state index contributed by atoms with van der Waals surface area (Å²) in [5, 5.41) is 26.3. The molecule has 10 aromatic carbocycles. The number of allylic oxidation sites excluding steroid dienone is 8. The Morgan fingerprint density at radius 2 is 1.44 bits per heavy atom. The average molecular weight is 799 g/mol. The lowest BCUT2D eigenvalue weighted by molar-refractivity contribution is -0.140. The van der Waals surface area contributed by atoms with Crippen molar-refractivity contribution in [2.45, 2.75) is 61.7 Å². The number of carbonyl (C=O) groups excluding carboxylic acids is 1. The second kappa shape index (κ2) is 8.09. The van der Waals surface area contributed by atoms with Crippen LogP contribution in [0.1, 0.15) is 116 Å². The van der Waals surface area contributed by atoms with Crippen molar-refractivity contribution in [3.63, 3.8) is 0 Å². The molecule has 0 saturated heterocycles. The zero-order valence-corrected chi connectivity index (χ0v) is 34.5. The predicted molar refractivity (Wildman–Crippen MR) is 250 cm³/mol. The van der Waals surface area contributed by atoms with E-state index in [4.69, 9.17) is 4.74 Å². The molecule has 8 unspecified atom stereocenters. The fourth-order valence-electron chi connectivity index (χ4n) is 20.9. The molecule has 0 aromatic heterocycles. The summed E-state index contributed by atoms with van der Waals surface area (Å²) in [5.41, 5.74) is 27.1. The standard InChI is InChI=1S/C61H34O2/c1-63-31(62)9-5-8-24(19-6-3-2-4-7-19)58-60-56-52-46-37-25-10-11-27-29-17-22-15-20-14-21-16-23-18-30-36-28-13-12-26(25)41(46)57(28)61(58,60)59(36)55-40(30)34(23)43-35(21)42-32(20)33(22)44-39(29)45(38(27)37)50(52)51-49(44)47(42)48(43)53(55)54(51)56/h2-4,6-7,10-14,16-17,24,27-28,41,56-60H,5,8-9,15,18H2,1H3/t24-,27?,28?,41?,56-,57?,58?,59?,60?,61?/m1/s1. The van der Waals surface area contributed by atoms with E-state index in [0.29, 0.717) is 59.7 Å². The largest absolute Gasteiger partial charge is 0.469 e. The highest BCUT2D eigenvalue weighted by atomic mass is 16.5. The summed E-state index contributed by atoms with van der Waals surface area (Å²) in [6.45, 7) is 0. The Morgan fingerprint density at radius 1 is 0.683 bits per heavy atom. The van der Waals surface area contributed by atoms with Gasteiger partial charge in [0.2, 0.25) is 0 Å². The maximum atomic E-state index is 12.8. The monoisotopic (exact) mass is 798 g/mol. The first-order valence-electron chi connectivity index (χ1n) is 24.3. The van der Waals surface area contributed by atoms with Crippen LogP contribution in [0.5, 0.6) is 0 Å². The van der Waals surface area contributed by atoms with Crippen molar-refractivity contribution in [1.29, 1.82) is 0 Å². The zero-order chi connectivity index (χ0) is 39.5. The van der Waals surface area contributed by atoms with Crippen molar-refractivity contribution >= 4 is 103 Å². The molecule has 12 aliphatic carbocycles. The molecule has 2 nitrogen and oxygen atoms in total. The number of carbonyl (C=O) groups is 1. The minimum atomic E-state index is -0.0693. The summed E-state index contributed by atoms with van der Waals surface area (Å²) in [6.07, 6.45) is 15.3. The van der Waals surface area contributed by atoms with Gasteiger partial charge in [0, 0.05) is 36.0 Å². The molecule has 1 spiro atoms. The molecule has 63 heavy (non-hydrogen) atoms. The molecule has 0 amide bonds. The van der Waals surface area contributed by atoms with Gasteiger partial charge in [-0.3, -0.25) is 4.79 Å². The predicted octanol–water partition coefficient (Wildman–Crippen LogP) is 13.5.